The summed E-state index contributed by atoms with van der Waals surface area (Å²) < 4.78 is 5.08. The molecule has 0 bridgehead atoms. The van der Waals surface area contributed by atoms with E-state index in [2.05, 4.69) is 0 Å². The lowest BCUT2D eigenvalue weighted by Gasteiger charge is -2.34. The van der Waals surface area contributed by atoms with Crippen molar-refractivity contribution in [3.05, 3.63) is 0 Å². The first kappa shape index (κ1) is 15.4. The van der Waals surface area contributed by atoms with Crippen LogP contribution in [0.15, 0.2) is 0 Å². The Hall–Kier alpha value is -0.950. The molecule has 20 heavy (non-hydrogen) atoms. The van der Waals surface area contributed by atoms with Crippen molar-refractivity contribution in [2.24, 2.45) is 5.92 Å². The minimum Gasteiger partial charge on any atom is -0.480 e. The highest BCUT2D eigenvalue weighted by molar-refractivity contribution is 7.99. The molecule has 0 aromatic heterocycles. The third-order valence-electron chi connectivity index (χ3n) is 3.99. The van der Waals surface area contributed by atoms with E-state index >= 15 is 0 Å². The average Bonchev–Trinajstić information content (AvgIpc) is 3.15. The Labute approximate surface area is 123 Å². The standard InChI is InChI=1S/C13H22N2O4S/c1-9(10-3-4-10)14(5-6-19-2)13(18)15-8-20-7-11(15)12(16)17/h9-11H,3-8H2,1-2H3,(H,16,17). The number of carbonyl (C=O) groups excluding carboxylic acids is 1. The minimum absolute atomic E-state index is 0.151. The van der Waals surface area contributed by atoms with Gasteiger partial charge < -0.3 is 19.6 Å². The number of hydrogen-bond donors (Lipinski definition) is 1. The first-order valence-electron chi connectivity index (χ1n) is 6.93. The summed E-state index contributed by atoms with van der Waals surface area (Å²) in [5.41, 5.74) is 0. The number of carbonyl (C=O) groups is 2. The molecule has 0 aromatic carbocycles. The molecule has 0 radical (unpaired) electrons. The average molecular weight is 302 g/mol. The molecular formula is C13H22N2O4S. The maximum atomic E-state index is 12.7. The van der Waals surface area contributed by atoms with Crippen molar-refractivity contribution in [1.29, 1.82) is 0 Å². The lowest BCUT2D eigenvalue weighted by atomic mass is 10.2. The number of amides is 2. The van der Waals surface area contributed by atoms with E-state index in [4.69, 9.17) is 4.74 Å². The first-order valence-corrected chi connectivity index (χ1v) is 8.08. The van der Waals surface area contributed by atoms with Gasteiger partial charge in [-0.1, -0.05) is 0 Å². The van der Waals surface area contributed by atoms with Gasteiger partial charge in [-0.05, 0) is 25.7 Å². The van der Waals surface area contributed by atoms with Crippen molar-refractivity contribution >= 4 is 23.8 Å². The lowest BCUT2D eigenvalue weighted by molar-refractivity contribution is -0.141. The van der Waals surface area contributed by atoms with Gasteiger partial charge in [0.05, 0.1) is 12.5 Å². The fourth-order valence-corrected chi connectivity index (χ4v) is 3.64. The molecule has 1 saturated heterocycles. The summed E-state index contributed by atoms with van der Waals surface area (Å²) in [5, 5.41) is 9.20. The van der Waals surface area contributed by atoms with Crippen LogP contribution in [0.2, 0.25) is 0 Å². The number of carboxylic acid groups (broad SMARTS) is 1. The van der Waals surface area contributed by atoms with Crippen molar-refractivity contribution in [3.63, 3.8) is 0 Å². The van der Waals surface area contributed by atoms with Crippen LogP contribution in [-0.2, 0) is 9.53 Å². The number of ether oxygens (including phenoxy) is 1. The fourth-order valence-electron chi connectivity index (χ4n) is 2.50. The number of aliphatic carboxylic acids is 1. The van der Waals surface area contributed by atoms with E-state index in [1.807, 2.05) is 6.92 Å². The van der Waals surface area contributed by atoms with Gasteiger partial charge >= 0.3 is 12.0 Å². The highest BCUT2D eigenvalue weighted by atomic mass is 32.2. The molecule has 0 spiro atoms. The second kappa shape index (κ2) is 6.67. The largest absolute Gasteiger partial charge is 0.480 e. The van der Waals surface area contributed by atoms with Gasteiger partial charge in [-0.3, -0.25) is 0 Å². The Morgan fingerprint density at radius 1 is 1.50 bits per heavy atom. The van der Waals surface area contributed by atoms with Crippen LogP contribution >= 0.6 is 11.8 Å². The van der Waals surface area contributed by atoms with Gasteiger partial charge in [0.1, 0.15) is 6.04 Å². The predicted octanol–water partition coefficient (Wildman–Crippen LogP) is 1.31. The van der Waals surface area contributed by atoms with Crippen LogP contribution in [0.5, 0.6) is 0 Å². The van der Waals surface area contributed by atoms with Crippen molar-refractivity contribution in [1.82, 2.24) is 9.80 Å². The fraction of sp³-hybridized carbons (Fsp3) is 0.846. The summed E-state index contributed by atoms with van der Waals surface area (Å²) >= 11 is 1.49. The van der Waals surface area contributed by atoms with Gasteiger partial charge in [-0.25, -0.2) is 9.59 Å². The summed E-state index contributed by atoms with van der Waals surface area (Å²) in [6, 6.07) is -0.722. The third-order valence-corrected chi connectivity index (χ3v) is 5.00. The van der Waals surface area contributed by atoms with E-state index in [-0.39, 0.29) is 12.1 Å². The molecule has 0 aromatic rings. The summed E-state index contributed by atoms with van der Waals surface area (Å²) in [4.78, 5) is 27.1. The molecule has 6 nitrogen and oxygen atoms in total. The van der Waals surface area contributed by atoms with Crippen molar-refractivity contribution in [2.75, 3.05) is 31.9 Å². The van der Waals surface area contributed by atoms with Gasteiger partial charge in [0.15, 0.2) is 0 Å². The maximum absolute atomic E-state index is 12.7. The van der Waals surface area contributed by atoms with E-state index in [0.717, 1.165) is 12.8 Å². The molecule has 1 aliphatic heterocycles. The molecule has 2 amide bonds. The molecule has 1 saturated carbocycles. The van der Waals surface area contributed by atoms with Crippen LogP contribution < -0.4 is 0 Å². The Balaban J connectivity index is 2.06. The summed E-state index contributed by atoms with van der Waals surface area (Å²) in [6.45, 7) is 3.03. The van der Waals surface area contributed by atoms with Crippen molar-refractivity contribution in [2.45, 2.75) is 31.8 Å². The van der Waals surface area contributed by atoms with Crippen LogP contribution in [0.25, 0.3) is 0 Å². The number of methoxy groups -OCH3 is 1. The van der Waals surface area contributed by atoms with E-state index in [1.54, 1.807) is 12.0 Å². The second-order valence-electron chi connectivity index (χ2n) is 5.37. The SMILES string of the molecule is COCCN(C(=O)N1CSCC1C(=O)O)C(C)C1CC1. The van der Waals surface area contributed by atoms with E-state index in [0.29, 0.717) is 30.7 Å². The highest BCUT2D eigenvalue weighted by Crippen LogP contribution is 2.36. The Morgan fingerprint density at radius 3 is 2.75 bits per heavy atom. The molecule has 2 aliphatic rings. The Kier molecular flexibility index (Phi) is 5.15. The Bertz CT molecular complexity index is 375. The second-order valence-corrected chi connectivity index (χ2v) is 6.37. The van der Waals surface area contributed by atoms with Crippen LogP contribution in [0, 0.1) is 5.92 Å². The molecule has 1 N–H and O–H groups in total. The molecule has 2 rings (SSSR count). The molecule has 1 aliphatic carbocycles. The van der Waals surface area contributed by atoms with E-state index < -0.39 is 12.0 Å². The number of urea groups is 1. The normalized spacial score (nSPS) is 23.7. The maximum Gasteiger partial charge on any atom is 0.327 e. The molecule has 2 atom stereocenters. The number of nitrogens with zero attached hydrogens (tertiary/aromatic N) is 2. The molecule has 2 unspecified atom stereocenters. The van der Waals surface area contributed by atoms with Crippen LogP contribution in [0.1, 0.15) is 19.8 Å². The van der Waals surface area contributed by atoms with Crippen LogP contribution in [0.3, 0.4) is 0 Å². The van der Waals surface area contributed by atoms with Gasteiger partial charge in [-0.2, -0.15) is 0 Å². The first-order chi connectivity index (χ1) is 9.56. The van der Waals surface area contributed by atoms with Crippen LogP contribution in [-0.4, -0.2) is 70.9 Å². The Morgan fingerprint density at radius 2 is 2.20 bits per heavy atom. The summed E-state index contributed by atoms with van der Waals surface area (Å²) in [6.07, 6.45) is 2.30. The van der Waals surface area contributed by atoms with Gasteiger partial charge in [0.25, 0.3) is 0 Å². The van der Waals surface area contributed by atoms with Gasteiger partial charge in [0.2, 0.25) is 0 Å². The van der Waals surface area contributed by atoms with Crippen molar-refractivity contribution < 1.29 is 19.4 Å². The predicted molar refractivity (Wildman–Crippen MR) is 76.8 cm³/mol. The zero-order valence-electron chi connectivity index (χ0n) is 11.9. The van der Waals surface area contributed by atoms with Crippen LogP contribution in [0.4, 0.5) is 4.79 Å². The molecule has 7 heteroatoms. The number of rotatable bonds is 6. The third kappa shape index (κ3) is 3.38. The number of carboxylic acids is 1. The van der Waals surface area contributed by atoms with E-state index in [9.17, 15) is 14.7 Å². The topological polar surface area (TPSA) is 70.1 Å². The van der Waals surface area contributed by atoms with Crippen molar-refractivity contribution in [3.8, 4) is 0 Å². The molecule has 114 valence electrons. The minimum atomic E-state index is -0.922. The lowest BCUT2D eigenvalue weighted by Crippen LogP contribution is -2.52. The summed E-state index contributed by atoms with van der Waals surface area (Å²) in [5.74, 6) is 0.552. The molecular weight excluding hydrogens is 280 g/mol. The molecule has 1 heterocycles. The highest BCUT2D eigenvalue weighted by Gasteiger charge is 2.40. The van der Waals surface area contributed by atoms with E-state index in [1.165, 1.54) is 16.7 Å². The molecule has 2 fully saturated rings. The monoisotopic (exact) mass is 302 g/mol. The summed E-state index contributed by atoms with van der Waals surface area (Å²) in [7, 11) is 1.61. The zero-order valence-corrected chi connectivity index (χ0v) is 12.8. The number of hydrogen-bond acceptors (Lipinski definition) is 4. The smallest absolute Gasteiger partial charge is 0.327 e. The zero-order chi connectivity index (χ0) is 14.7. The van der Waals surface area contributed by atoms with Gasteiger partial charge in [-0.15, -0.1) is 11.8 Å². The quantitative estimate of drug-likeness (QED) is 0.801. The van der Waals surface area contributed by atoms with Gasteiger partial charge in [0, 0.05) is 25.4 Å². The number of thioether (sulfide) groups is 1.